The van der Waals surface area contributed by atoms with Gasteiger partial charge in [0.1, 0.15) is 11.6 Å². The van der Waals surface area contributed by atoms with Crippen LogP contribution < -0.4 is 10.6 Å². The van der Waals surface area contributed by atoms with Crippen molar-refractivity contribution in [2.75, 3.05) is 0 Å². The van der Waals surface area contributed by atoms with E-state index in [1.54, 1.807) is 0 Å². The Balaban J connectivity index is 1.01. The summed E-state index contributed by atoms with van der Waals surface area (Å²) in [6.07, 6.45) is 5.06. The van der Waals surface area contributed by atoms with Gasteiger partial charge in [0.15, 0.2) is 0 Å². The number of piperidine rings is 2. The van der Waals surface area contributed by atoms with Crippen molar-refractivity contribution in [1.82, 2.24) is 30.6 Å². The molecule has 4 aliphatic rings. The first kappa shape index (κ1) is 19.5. The van der Waals surface area contributed by atoms with Gasteiger partial charge in [-0.3, -0.25) is 0 Å². The molecule has 2 aromatic heterocycles. The quantitative estimate of drug-likeness (QED) is 0.278. The lowest BCUT2D eigenvalue weighted by molar-refractivity contribution is 0.544. The van der Waals surface area contributed by atoms with Gasteiger partial charge in [-0.1, -0.05) is 24.0 Å². The lowest BCUT2D eigenvalue weighted by atomic mass is 10.1. The molecule has 2 aliphatic heterocycles. The number of hydrogen-bond acceptors (Lipinski definition) is 4. The predicted molar refractivity (Wildman–Crippen MR) is 140 cm³/mol. The standard InChI is InChI=1S/C30H26N6/c1(2-16-4-7-21-25(10-16)35-29(33-21)26-13-18-11-23(18)31-26)15-3-6-20-17(9-15)5-8-22-28(20)36-30(34-22)27-14-19-12-24(19)32-27/h3-10,18-19,23-24,26-27,31-32H,11-14H2,(H,33,35)(H,34,36)/t18?,19-,23?,24-,26+,27+/m1/s1. The Kier molecular flexibility index (Phi) is 3.78. The topological polar surface area (TPSA) is 81.4 Å². The van der Waals surface area contributed by atoms with Gasteiger partial charge in [0.2, 0.25) is 0 Å². The molecule has 4 N–H and O–H groups in total. The molecular formula is C30H26N6. The van der Waals surface area contributed by atoms with Crippen LogP contribution in [0.3, 0.4) is 0 Å². The SMILES string of the molecule is C(#Cc1ccc2nc([C@@H]3CC4CC4N3)[nH]c2c1)c1ccc2c(ccc3[nH]c([C@@H]4C[C@H]5C[C@H]5N4)nc32)c1. The molecule has 2 unspecified atom stereocenters. The highest BCUT2D eigenvalue weighted by Gasteiger charge is 2.47. The largest absolute Gasteiger partial charge is 0.341 e. The van der Waals surface area contributed by atoms with Crippen LogP contribution in [0.4, 0.5) is 0 Å². The summed E-state index contributed by atoms with van der Waals surface area (Å²) in [4.78, 5) is 16.9. The fraction of sp³-hybridized carbons (Fsp3) is 0.333. The van der Waals surface area contributed by atoms with Crippen molar-refractivity contribution in [3.63, 3.8) is 0 Å². The molecule has 9 rings (SSSR count). The minimum atomic E-state index is 0.365. The van der Waals surface area contributed by atoms with E-state index in [0.29, 0.717) is 24.2 Å². The molecular weight excluding hydrogens is 444 g/mol. The van der Waals surface area contributed by atoms with Crippen LogP contribution in [0.5, 0.6) is 0 Å². The number of hydrogen-bond donors (Lipinski definition) is 4. The lowest BCUT2D eigenvalue weighted by Crippen LogP contribution is -2.18. The maximum absolute atomic E-state index is 5.00. The summed E-state index contributed by atoms with van der Waals surface area (Å²) in [6.45, 7) is 0. The molecule has 4 heterocycles. The fourth-order valence-electron chi connectivity index (χ4n) is 6.54. The monoisotopic (exact) mass is 470 g/mol. The third-order valence-corrected chi connectivity index (χ3v) is 8.75. The molecule has 4 fully saturated rings. The molecule has 0 spiro atoms. The first-order valence-electron chi connectivity index (χ1n) is 13.2. The van der Waals surface area contributed by atoms with Crippen molar-refractivity contribution < 1.29 is 0 Å². The summed E-state index contributed by atoms with van der Waals surface area (Å²) < 4.78 is 0. The van der Waals surface area contributed by atoms with Crippen LogP contribution in [0.2, 0.25) is 0 Å². The average Bonchev–Trinajstić information content (AvgIpc) is 3.50. The van der Waals surface area contributed by atoms with Crippen LogP contribution in [-0.4, -0.2) is 32.0 Å². The first-order valence-corrected chi connectivity index (χ1v) is 13.2. The summed E-state index contributed by atoms with van der Waals surface area (Å²) in [5, 5.41) is 9.73. The van der Waals surface area contributed by atoms with Crippen LogP contribution in [0.15, 0.2) is 48.5 Å². The highest BCUT2D eigenvalue weighted by atomic mass is 15.1. The molecule has 0 amide bonds. The first-order chi connectivity index (χ1) is 17.7. The van der Waals surface area contributed by atoms with Crippen molar-refractivity contribution in [2.24, 2.45) is 11.8 Å². The van der Waals surface area contributed by atoms with Gasteiger partial charge in [-0.2, -0.15) is 0 Å². The third-order valence-electron chi connectivity index (χ3n) is 8.75. The zero-order valence-corrected chi connectivity index (χ0v) is 19.8. The fourth-order valence-corrected chi connectivity index (χ4v) is 6.54. The Bertz CT molecular complexity index is 1750. The molecule has 3 aromatic carbocycles. The van der Waals surface area contributed by atoms with Gasteiger partial charge in [-0.25, -0.2) is 9.97 Å². The minimum Gasteiger partial charge on any atom is -0.341 e. The molecule has 0 bridgehead atoms. The van der Waals surface area contributed by atoms with Crippen LogP contribution in [-0.2, 0) is 0 Å². The Morgan fingerprint density at radius 3 is 2.11 bits per heavy atom. The van der Waals surface area contributed by atoms with Crippen molar-refractivity contribution in [2.45, 2.75) is 49.9 Å². The van der Waals surface area contributed by atoms with E-state index in [0.717, 1.165) is 56.7 Å². The molecule has 2 saturated carbocycles. The van der Waals surface area contributed by atoms with Gasteiger partial charge in [0.25, 0.3) is 0 Å². The van der Waals surface area contributed by atoms with Crippen LogP contribution in [0.25, 0.3) is 32.8 Å². The molecule has 0 radical (unpaired) electrons. The normalized spacial score (nSPS) is 29.9. The lowest BCUT2D eigenvalue weighted by Gasteiger charge is -2.08. The van der Waals surface area contributed by atoms with E-state index in [1.807, 2.05) is 0 Å². The second kappa shape index (κ2) is 6.97. The molecule has 176 valence electrons. The Labute approximate surface area is 208 Å². The molecule has 36 heavy (non-hydrogen) atoms. The van der Waals surface area contributed by atoms with E-state index in [9.17, 15) is 0 Å². The van der Waals surface area contributed by atoms with Crippen LogP contribution >= 0.6 is 0 Å². The highest BCUT2D eigenvalue weighted by Crippen LogP contribution is 2.46. The smallest absolute Gasteiger partial charge is 0.124 e. The van der Waals surface area contributed by atoms with Crippen LogP contribution in [0.1, 0.15) is 60.5 Å². The Morgan fingerprint density at radius 2 is 1.36 bits per heavy atom. The van der Waals surface area contributed by atoms with Gasteiger partial charge < -0.3 is 20.6 Å². The Morgan fingerprint density at radius 1 is 0.667 bits per heavy atom. The number of aromatic nitrogens is 4. The number of fused-ring (bicyclic) bond motifs is 6. The number of benzene rings is 3. The molecule has 5 aromatic rings. The number of imidazole rings is 2. The second-order valence-electron chi connectivity index (χ2n) is 11.2. The average molecular weight is 471 g/mol. The second-order valence-corrected chi connectivity index (χ2v) is 11.2. The molecule has 6 nitrogen and oxygen atoms in total. The van der Waals surface area contributed by atoms with Crippen LogP contribution in [0, 0.1) is 23.7 Å². The summed E-state index contributed by atoms with van der Waals surface area (Å²) in [7, 11) is 0. The van der Waals surface area contributed by atoms with E-state index in [2.05, 4.69) is 81.0 Å². The predicted octanol–water partition coefficient (Wildman–Crippen LogP) is 4.84. The van der Waals surface area contributed by atoms with Crippen molar-refractivity contribution in [3.8, 4) is 11.8 Å². The van der Waals surface area contributed by atoms with E-state index in [1.165, 1.54) is 36.5 Å². The number of aromatic amines is 2. The third kappa shape index (κ3) is 3.06. The number of H-pyrrole nitrogens is 2. The minimum absolute atomic E-state index is 0.365. The molecule has 6 atom stereocenters. The van der Waals surface area contributed by atoms with E-state index < -0.39 is 0 Å². The summed E-state index contributed by atoms with van der Waals surface area (Å²) in [5.41, 5.74) is 6.23. The number of rotatable bonds is 2. The van der Waals surface area contributed by atoms with Crippen molar-refractivity contribution in [1.29, 1.82) is 0 Å². The summed E-state index contributed by atoms with van der Waals surface area (Å²) >= 11 is 0. The molecule has 2 saturated heterocycles. The van der Waals surface area contributed by atoms with Gasteiger partial charge >= 0.3 is 0 Å². The van der Waals surface area contributed by atoms with Crippen molar-refractivity contribution >= 4 is 32.8 Å². The van der Waals surface area contributed by atoms with Gasteiger partial charge in [0, 0.05) is 28.6 Å². The number of nitrogens with one attached hydrogen (secondary N) is 4. The summed E-state index contributed by atoms with van der Waals surface area (Å²) in [5.74, 6) is 10.6. The highest BCUT2D eigenvalue weighted by molar-refractivity contribution is 6.04. The Hall–Kier alpha value is -3.66. The van der Waals surface area contributed by atoms with Gasteiger partial charge in [-0.05, 0) is 79.3 Å². The number of nitrogens with zero attached hydrogens (tertiary/aromatic N) is 2. The maximum Gasteiger partial charge on any atom is 0.124 e. The van der Waals surface area contributed by atoms with Gasteiger partial charge in [0.05, 0.1) is 34.2 Å². The zero-order valence-electron chi connectivity index (χ0n) is 19.8. The summed E-state index contributed by atoms with van der Waals surface area (Å²) in [6, 6.07) is 19.2. The molecule has 6 heteroatoms. The van der Waals surface area contributed by atoms with E-state index in [-0.39, 0.29) is 0 Å². The molecule has 2 aliphatic carbocycles. The van der Waals surface area contributed by atoms with E-state index >= 15 is 0 Å². The zero-order chi connectivity index (χ0) is 23.4. The van der Waals surface area contributed by atoms with Crippen molar-refractivity contribution in [3.05, 3.63) is 71.3 Å². The van der Waals surface area contributed by atoms with E-state index in [4.69, 9.17) is 9.97 Å². The maximum atomic E-state index is 5.00. The van der Waals surface area contributed by atoms with Gasteiger partial charge in [-0.15, -0.1) is 0 Å².